The Morgan fingerprint density at radius 3 is 2.30 bits per heavy atom. The van der Waals surface area contributed by atoms with Crippen molar-refractivity contribution in [2.24, 2.45) is 5.16 Å². The van der Waals surface area contributed by atoms with E-state index in [1.807, 2.05) is 12.1 Å². The van der Waals surface area contributed by atoms with Crippen LogP contribution in [0.4, 0.5) is 0 Å². The summed E-state index contributed by atoms with van der Waals surface area (Å²) in [4.78, 5) is 50.4. The Labute approximate surface area is 272 Å². The summed E-state index contributed by atoms with van der Waals surface area (Å²) in [6.45, 7) is 2.77. The lowest BCUT2D eigenvalue weighted by Crippen LogP contribution is -2.57. The van der Waals surface area contributed by atoms with Crippen molar-refractivity contribution in [3.63, 3.8) is 0 Å². The van der Waals surface area contributed by atoms with Crippen molar-refractivity contribution < 1.29 is 19.2 Å². The molecule has 1 atom stereocenters. The molecule has 2 heterocycles. The normalized spacial score (nSPS) is 17.8. The van der Waals surface area contributed by atoms with Crippen LogP contribution in [0.3, 0.4) is 0 Å². The summed E-state index contributed by atoms with van der Waals surface area (Å²) in [7, 11) is 4.81. The van der Waals surface area contributed by atoms with E-state index < -0.39 is 0 Å². The standard InChI is InChI=1S/C30H35Cl4N5O4/c1-36-17-29(41)39(18-28(36)40)23-6-9-38(10-7-23)11-8-24(19-4-5-25(33)26(34)14-19)27(35-43-3)16-37(2)30(42)20-12-21(31)15-22(32)13-20/h4-5,12-15,23-24H,6-11,16-18H2,1-3H3/b35-27-. The number of benzene rings is 2. The molecule has 2 saturated heterocycles. The van der Waals surface area contributed by atoms with Gasteiger partial charge < -0.3 is 24.4 Å². The molecule has 0 aromatic heterocycles. The molecule has 1 unspecified atom stereocenters. The first-order chi connectivity index (χ1) is 20.5. The number of piperazine rings is 1. The number of piperidine rings is 1. The minimum absolute atomic E-state index is 0.000590. The molecule has 0 radical (unpaired) electrons. The van der Waals surface area contributed by atoms with Crippen molar-refractivity contribution in [1.29, 1.82) is 0 Å². The van der Waals surface area contributed by atoms with Crippen LogP contribution in [0.15, 0.2) is 41.6 Å². The van der Waals surface area contributed by atoms with E-state index in [1.54, 1.807) is 48.2 Å². The molecule has 0 aliphatic carbocycles. The smallest absolute Gasteiger partial charge is 0.254 e. The Hall–Kier alpha value is -2.56. The van der Waals surface area contributed by atoms with E-state index in [-0.39, 0.29) is 49.3 Å². The largest absolute Gasteiger partial charge is 0.399 e. The minimum Gasteiger partial charge on any atom is -0.399 e. The number of likely N-dealkylation sites (N-methyl/N-ethyl adjacent to an activating group) is 1. The van der Waals surface area contributed by atoms with E-state index in [2.05, 4.69) is 10.1 Å². The van der Waals surface area contributed by atoms with Gasteiger partial charge in [0, 0.05) is 54.8 Å². The molecule has 0 bridgehead atoms. The molecular formula is C30H35Cl4N5O4. The molecule has 2 aromatic carbocycles. The lowest BCUT2D eigenvalue weighted by molar-refractivity contribution is -0.151. The molecule has 0 N–H and O–H groups in total. The number of rotatable bonds is 10. The zero-order valence-corrected chi connectivity index (χ0v) is 27.4. The second kappa shape index (κ2) is 14.9. The van der Waals surface area contributed by atoms with Crippen LogP contribution in [0.5, 0.6) is 0 Å². The Kier molecular flexibility index (Phi) is 11.6. The fraction of sp³-hybridized carbons (Fsp3) is 0.467. The topological polar surface area (TPSA) is 85.8 Å². The SMILES string of the molecule is CO/N=C(/CN(C)C(=O)c1cc(Cl)cc(Cl)c1)C(CCN1CCC(N2CC(=O)N(C)CC2=O)CC1)c1ccc(Cl)c(Cl)c1. The molecule has 9 nitrogen and oxygen atoms in total. The molecular weight excluding hydrogens is 636 g/mol. The number of likely N-dealkylation sites (tertiary alicyclic amines) is 1. The van der Waals surface area contributed by atoms with E-state index in [4.69, 9.17) is 51.2 Å². The summed E-state index contributed by atoms with van der Waals surface area (Å²) in [6, 6.07) is 10.3. The molecule has 0 saturated carbocycles. The highest BCUT2D eigenvalue weighted by atomic mass is 35.5. The average molecular weight is 671 g/mol. The molecule has 0 spiro atoms. The van der Waals surface area contributed by atoms with Crippen LogP contribution in [0.2, 0.25) is 20.1 Å². The van der Waals surface area contributed by atoms with Crippen LogP contribution in [0.25, 0.3) is 0 Å². The maximum atomic E-state index is 13.3. The van der Waals surface area contributed by atoms with Gasteiger partial charge in [-0.2, -0.15) is 0 Å². The zero-order valence-electron chi connectivity index (χ0n) is 24.4. The van der Waals surface area contributed by atoms with Gasteiger partial charge in [-0.1, -0.05) is 57.6 Å². The van der Waals surface area contributed by atoms with Gasteiger partial charge in [-0.25, -0.2) is 0 Å². The number of carbonyl (C=O) groups excluding carboxylic acids is 3. The highest BCUT2D eigenvalue weighted by Gasteiger charge is 2.34. The van der Waals surface area contributed by atoms with Crippen molar-refractivity contribution >= 4 is 69.8 Å². The summed E-state index contributed by atoms with van der Waals surface area (Å²) in [5.74, 6) is -0.528. The van der Waals surface area contributed by atoms with Gasteiger partial charge in [0.25, 0.3) is 5.91 Å². The van der Waals surface area contributed by atoms with Crippen LogP contribution in [-0.2, 0) is 14.4 Å². The summed E-state index contributed by atoms with van der Waals surface area (Å²) in [6.07, 6.45) is 2.25. The van der Waals surface area contributed by atoms with Gasteiger partial charge in [-0.05, 0) is 61.7 Å². The Balaban J connectivity index is 1.47. The fourth-order valence-corrected chi connectivity index (χ4v) is 6.46. The number of carbonyl (C=O) groups is 3. The quantitative estimate of drug-likeness (QED) is 0.253. The van der Waals surface area contributed by atoms with Crippen molar-refractivity contribution in [1.82, 2.24) is 19.6 Å². The highest BCUT2D eigenvalue weighted by molar-refractivity contribution is 6.42. The first-order valence-corrected chi connectivity index (χ1v) is 15.5. The first kappa shape index (κ1) is 33.3. The maximum Gasteiger partial charge on any atom is 0.254 e. The number of halogens is 4. The monoisotopic (exact) mass is 669 g/mol. The molecule has 2 aliphatic rings. The minimum atomic E-state index is -0.264. The van der Waals surface area contributed by atoms with E-state index >= 15 is 0 Å². The van der Waals surface area contributed by atoms with Gasteiger partial charge in [0.05, 0.1) is 28.8 Å². The van der Waals surface area contributed by atoms with Gasteiger partial charge in [-0.3, -0.25) is 14.4 Å². The number of oxime groups is 1. The van der Waals surface area contributed by atoms with E-state index in [0.717, 1.165) is 38.0 Å². The number of nitrogens with zero attached hydrogens (tertiary/aromatic N) is 5. The third-order valence-electron chi connectivity index (χ3n) is 7.97. The Morgan fingerprint density at radius 1 is 1.00 bits per heavy atom. The third-order valence-corrected chi connectivity index (χ3v) is 9.14. The van der Waals surface area contributed by atoms with Gasteiger partial charge in [0.2, 0.25) is 11.8 Å². The van der Waals surface area contributed by atoms with Gasteiger partial charge in [0.1, 0.15) is 13.7 Å². The summed E-state index contributed by atoms with van der Waals surface area (Å²) in [5, 5.41) is 5.97. The van der Waals surface area contributed by atoms with Crippen molar-refractivity contribution in [2.75, 3.05) is 60.5 Å². The molecule has 2 fully saturated rings. The Bertz CT molecular complexity index is 1360. The third kappa shape index (κ3) is 8.54. The number of amides is 3. The van der Waals surface area contributed by atoms with Gasteiger partial charge >= 0.3 is 0 Å². The molecule has 2 aromatic rings. The van der Waals surface area contributed by atoms with Crippen LogP contribution in [0, 0.1) is 0 Å². The predicted octanol–water partition coefficient (Wildman–Crippen LogP) is 5.31. The van der Waals surface area contributed by atoms with Crippen LogP contribution in [-0.4, -0.2) is 110 Å². The second-order valence-electron chi connectivity index (χ2n) is 10.9. The lowest BCUT2D eigenvalue weighted by atomic mass is 9.89. The van der Waals surface area contributed by atoms with E-state index in [0.29, 0.717) is 37.8 Å². The summed E-state index contributed by atoms with van der Waals surface area (Å²) in [5.41, 5.74) is 1.90. The molecule has 13 heteroatoms. The second-order valence-corrected chi connectivity index (χ2v) is 12.6. The van der Waals surface area contributed by atoms with Gasteiger partial charge in [-0.15, -0.1) is 0 Å². The van der Waals surface area contributed by atoms with Crippen LogP contribution < -0.4 is 0 Å². The molecule has 2 aliphatic heterocycles. The first-order valence-electron chi connectivity index (χ1n) is 14.0. The maximum absolute atomic E-state index is 13.3. The Morgan fingerprint density at radius 2 is 1.67 bits per heavy atom. The van der Waals surface area contributed by atoms with E-state index in [1.165, 1.54) is 12.0 Å². The van der Waals surface area contributed by atoms with Gasteiger partial charge in [0.15, 0.2) is 0 Å². The van der Waals surface area contributed by atoms with E-state index in [9.17, 15) is 14.4 Å². The fourth-order valence-electron chi connectivity index (χ4n) is 5.62. The number of hydrogen-bond donors (Lipinski definition) is 0. The molecule has 232 valence electrons. The van der Waals surface area contributed by atoms with Crippen molar-refractivity contribution in [2.45, 2.75) is 31.2 Å². The van der Waals surface area contributed by atoms with Crippen molar-refractivity contribution in [3.05, 3.63) is 67.6 Å². The number of hydrogen-bond acceptors (Lipinski definition) is 6. The predicted molar refractivity (Wildman–Crippen MR) is 170 cm³/mol. The summed E-state index contributed by atoms with van der Waals surface area (Å²) >= 11 is 24.9. The van der Waals surface area contributed by atoms with Crippen molar-refractivity contribution in [3.8, 4) is 0 Å². The average Bonchev–Trinajstić information content (AvgIpc) is 2.96. The zero-order chi connectivity index (χ0) is 31.3. The lowest BCUT2D eigenvalue weighted by Gasteiger charge is -2.41. The molecule has 3 amide bonds. The van der Waals surface area contributed by atoms with Crippen LogP contribution >= 0.6 is 46.4 Å². The molecule has 4 rings (SSSR count). The highest BCUT2D eigenvalue weighted by Crippen LogP contribution is 2.31. The molecule has 43 heavy (non-hydrogen) atoms. The van der Waals surface area contributed by atoms with Crippen LogP contribution in [0.1, 0.15) is 41.1 Å². The summed E-state index contributed by atoms with van der Waals surface area (Å²) < 4.78 is 0.